The molecule has 0 aliphatic rings. The van der Waals surface area contributed by atoms with E-state index in [4.69, 9.17) is 10.5 Å². The summed E-state index contributed by atoms with van der Waals surface area (Å²) in [4.78, 5) is 4.15. The zero-order valence-corrected chi connectivity index (χ0v) is 12.4. The van der Waals surface area contributed by atoms with E-state index in [9.17, 15) is 5.11 Å². The van der Waals surface area contributed by atoms with Crippen LogP contribution in [0.15, 0.2) is 36.5 Å². The number of nitrogens with two attached hydrogens (primary N) is 1. The molecule has 4 heteroatoms. The number of aryl methyl sites for hydroxylation is 2. The Kier molecular flexibility index (Phi) is 5.72. The van der Waals surface area contributed by atoms with Gasteiger partial charge in [-0.15, -0.1) is 0 Å². The van der Waals surface area contributed by atoms with E-state index < -0.39 is 0 Å². The van der Waals surface area contributed by atoms with Crippen LogP contribution in [0.5, 0.6) is 5.75 Å². The lowest BCUT2D eigenvalue weighted by Gasteiger charge is -2.11. The van der Waals surface area contributed by atoms with Crippen molar-refractivity contribution >= 4 is 0 Å². The molecule has 0 spiro atoms. The van der Waals surface area contributed by atoms with Crippen LogP contribution < -0.4 is 5.73 Å². The first-order valence-electron chi connectivity index (χ1n) is 7.20. The highest BCUT2D eigenvalue weighted by Crippen LogP contribution is 2.23. The second-order valence-corrected chi connectivity index (χ2v) is 5.04. The van der Waals surface area contributed by atoms with Crippen LogP contribution in [0.4, 0.5) is 0 Å². The minimum atomic E-state index is 0.183. The van der Waals surface area contributed by atoms with Crippen LogP contribution in [0.1, 0.15) is 28.8 Å². The third kappa shape index (κ3) is 4.28. The lowest BCUT2D eigenvalue weighted by Crippen LogP contribution is -2.06. The van der Waals surface area contributed by atoms with Crippen molar-refractivity contribution in [3.8, 4) is 5.75 Å². The predicted molar refractivity (Wildman–Crippen MR) is 82.9 cm³/mol. The Morgan fingerprint density at radius 3 is 2.71 bits per heavy atom. The van der Waals surface area contributed by atoms with Gasteiger partial charge in [-0.3, -0.25) is 4.98 Å². The van der Waals surface area contributed by atoms with E-state index in [0.717, 1.165) is 24.0 Å². The molecule has 1 aromatic carbocycles. The molecule has 0 amide bonds. The second-order valence-electron chi connectivity index (χ2n) is 5.04. The van der Waals surface area contributed by atoms with Gasteiger partial charge in [0.1, 0.15) is 5.75 Å². The Hall–Kier alpha value is -1.91. The molecule has 0 atom stereocenters. The van der Waals surface area contributed by atoms with Gasteiger partial charge in [0.25, 0.3) is 0 Å². The molecule has 0 fully saturated rings. The molecule has 1 aromatic heterocycles. The summed E-state index contributed by atoms with van der Waals surface area (Å²) >= 11 is 0. The first-order chi connectivity index (χ1) is 10.2. The summed E-state index contributed by atoms with van der Waals surface area (Å²) in [5.74, 6) is 0.183. The molecule has 0 aliphatic carbocycles. The Bertz CT molecular complexity index is 571. The maximum atomic E-state index is 9.93. The smallest absolute Gasteiger partial charge is 0.141 e. The van der Waals surface area contributed by atoms with E-state index in [2.05, 4.69) is 17.1 Å². The van der Waals surface area contributed by atoms with E-state index in [0.29, 0.717) is 18.9 Å². The number of ether oxygens (including phenoxy) is 1. The van der Waals surface area contributed by atoms with Gasteiger partial charge in [-0.1, -0.05) is 30.3 Å². The summed E-state index contributed by atoms with van der Waals surface area (Å²) in [6.07, 6.45) is 3.70. The van der Waals surface area contributed by atoms with Crippen LogP contribution in [0, 0.1) is 6.92 Å². The fourth-order valence-electron chi connectivity index (χ4n) is 2.24. The third-order valence-electron chi connectivity index (χ3n) is 3.49. The number of aromatic hydroxyl groups is 1. The quantitative estimate of drug-likeness (QED) is 0.768. The molecule has 3 N–H and O–H groups in total. The van der Waals surface area contributed by atoms with Crippen molar-refractivity contribution in [1.29, 1.82) is 0 Å². The van der Waals surface area contributed by atoms with Crippen molar-refractivity contribution in [2.45, 2.75) is 32.9 Å². The van der Waals surface area contributed by atoms with E-state index in [1.165, 1.54) is 5.56 Å². The number of benzene rings is 1. The van der Waals surface area contributed by atoms with Crippen molar-refractivity contribution in [3.05, 3.63) is 58.9 Å². The largest absolute Gasteiger partial charge is 0.506 e. The molecule has 1 heterocycles. The zero-order valence-electron chi connectivity index (χ0n) is 12.4. The number of rotatable bonds is 7. The number of nitrogens with zero attached hydrogens (tertiary/aromatic N) is 1. The first-order valence-corrected chi connectivity index (χ1v) is 7.20. The second kappa shape index (κ2) is 7.76. The van der Waals surface area contributed by atoms with Gasteiger partial charge in [-0.05, 0) is 25.3 Å². The summed E-state index contributed by atoms with van der Waals surface area (Å²) in [5, 5.41) is 9.93. The number of pyridine rings is 1. The number of hydrogen-bond donors (Lipinski definition) is 2. The summed E-state index contributed by atoms with van der Waals surface area (Å²) in [5.41, 5.74) is 9.19. The van der Waals surface area contributed by atoms with Gasteiger partial charge in [0.05, 0.1) is 12.3 Å². The highest BCUT2D eigenvalue weighted by Gasteiger charge is 2.10. The molecule has 0 saturated carbocycles. The highest BCUT2D eigenvalue weighted by atomic mass is 16.5. The third-order valence-corrected chi connectivity index (χ3v) is 3.49. The van der Waals surface area contributed by atoms with Crippen LogP contribution in [0.25, 0.3) is 0 Å². The SMILES string of the molecule is Cc1ncc(COCCCc2ccccc2)c(CN)c1O. The molecule has 4 nitrogen and oxygen atoms in total. The van der Waals surface area contributed by atoms with Gasteiger partial charge < -0.3 is 15.6 Å². The van der Waals surface area contributed by atoms with Crippen LogP contribution in [-0.2, 0) is 24.3 Å². The molecule has 0 aliphatic heterocycles. The lowest BCUT2D eigenvalue weighted by atomic mass is 10.1. The van der Waals surface area contributed by atoms with Crippen LogP contribution in [0.2, 0.25) is 0 Å². The van der Waals surface area contributed by atoms with Crippen molar-refractivity contribution < 1.29 is 9.84 Å². The minimum Gasteiger partial charge on any atom is -0.506 e. The molecule has 0 saturated heterocycles. The average molecular weight is 286 g/mol. The summed E-state index contributed by atoms with van der Waals surface area (Å²) in [6.45, 7) is 3.16. The number of aromatic nitrogens is 1. The molecule has 112 valence electrons. The van der Waals surface area contributed by atoms with Gasteiger partial charge in [0.2, 0.25) is 0 Å². The van der Waals surface area contributed by atoms with Gasteiger partial charge in [0, 0.05) is 30.5 Å². The lowest BCUT2D eigenvalue weighted by molar-refractivity contribution is 0.117. The normalized spacial score (nSPS) is 10.8. The minimum absolute atomic E-state index is 0.183. The van der Waals surface area contributed by atoms with E-state index in [1.807, 2.05) is 18.2 Å². The predicted octanol–water partition coefficient (Wildman–Crippen LogP) is 2.70. The van der Waals surface area contributed by atoms with E-state index in [-0.39, 0.29) is 12.3 Å². The molecular formula is C17H22N2O2. The molecule has 0 bridgehead atoms. The molecule has 0 unspecified atom stereocenters. The van der Waals surface area contributed by atoms with Crippen LogP contribution in [0.3, 0.4) is 0 Å². The van der Waals surface area contributed by atoms with Gasteiger partial charge in [0.15, 0.2) is 0 Å². The first kappa shape index (κ1) is 15.5. The monoisotopic (exact) mass is 286 g/mol. The molecular weight excluding hydrogens is 264 g/mol. The Morgan fingerprint density at radius 2 is 2.00 bits per heavy atom. The topological polar surface area (TPSA) is 68.4 Å². The maximum Gasteiger partial charge on any atom is 0.141 e. The van der Waals surface area contributed by atoms with Gasteiger partial charge in [-0.2, -0.15) is 0 Å². The van der Waals surface area contributed by atoms with Crippen LogP contribution in [-0.4, -0.2) is 16.7 Å². The summed E-state index contributed by atoms with van der Waals surface area (Å²) in [7, 11) is 0. The van der Waals surface area contributed by atoms with Crippen molar-refractivity contribution in [2.24, 2.45) is 5.73 Å². The van der Waals surface area contributed by atoms with Crippen LogP contribution >= 0.6 is 0 Å². The summed E-state index contributed by atoms with van der Waals surface area (Å²) < 4.78 is 5.67. The molecule has 2 aromatic rings. The van der Waals surface area contributed by atoms with Gasteiger partial charge in [-0.25, -0.2) is 0 Å². The average Bonchev–Trinajstić information content (AvgIpc) is 2.51. The van der Waals surface area contributed by atoms with E-state index >= 15 is 0 Å². The highest BCUT2D eigenvalue weighted by molar-refractivity contribution is 5.40. The molecule has 0 radical (unpaired) electrons. The van der Waals surface area contributed by atoms with Crippen molar-refractivity contribution in [1.82, 2.24) is 4.98 Å². The molecule has 2 rings (SSSR count). The van der Waals surface area contributed by atoms with Crippen molar-refractivity contribution in [3.63, 3.8) is 0 Å². The number of hydrogen-bond acceptors (Lipinski definition) is 4. The standard InChI is InChI=1S/C17H22N2O2/c1-13-17(20)16(10-18)15(11-19-13)12-21-9-5-8-14-6-3-2-4-7-14/h2-4,6-7,11,20H,5,8-10,12,18H2,1H3. The van der Waals surface area contributed by atoms with Gasteiger partial charge >= 0.3 is 0 Å². The molecule has 21 heavy (non-hydrogen) atoms. The van der Waals surface area contributed by atoms with E-state index in [1.54, 1.807) is 13.1 Å². The van der Waals surface area contributed by atoms with Crippen molar-refractivity contribution in [2.75, 3.05) is 6.61 Å². The summed E-state index contributed by atoms with van der Waals surface area (Å²) in [6, 6.07) is 10.4. The fourth-order valence-corrected chi connectivity index (χ4v) is 2.24. The zero-order chi connectivity index (χ0) is 15.1. The Labute approximate surface area is 125 Å². The maximum absolute atomic E-state index is 9.93. The Balaban J connectivity index is 1.80. The fraction of sp³-hybridized carbons (Fsp3) is 0.353. The Morgan fingerprint density at radius 1 is 1.24 bits per heavy atom.